The van der Waals surface area contributed by atoms with Gasteiger partial charge < -0.3 is 23.7 Å². The summed E-state index contributed by atoms with van der Waals surface area (Å²) in [5.74, 6) is 2.46. The Balaban J connectivity index is 1.47. The second-order valence-corrected chi connectivity index (χ2v) is 10.8. The number of nitrogens with zero attached hydrogens (tertiary/aromatic N) is 3. The van der Waals surface area contributed by atoms with E-state index in [1.165, 1.54) is 5.57 Å². The van der Waals surface area contributed by atoms with Gasteiger partial charge in [-0.3, -0.25) is 9.69 Å². The summed E-state index contributed by atoms with van der Waals surface area (Å²) in [5.41, 5.74) is 3.64. The average molecular weight is 510 g/mol. The highest BCUT2D eigenvalue weighted by molar-refractivity contribution is 5.95. The highest BCUT2D eigenvalue weighted by Crippen LogP contribution is 2.49. The molecule has 1 aliphatic carbocycles. The molecule has 4 heterocycles. The van der Waals surface area contributed by atoms with Gasteiger partial charge in [-0.25, -0.2) is 4.79 Å². The van der Waals surface area contributed by atoms with Crippen LogP contribution in [-0.4, -0.2) is 78.7 Å². The largest absolute Gasteiger partial charge is 0.497 e. The quantitative estimate of drug-likeness (QED) is 0.591. The fraction of sp³-hybridized carbons (Fsp3) is 0.586. The molecule has 0 radical (unpaired) electrons. The summed E-state index contributed by atoms with van der Waals surface area (Å²) in [6.07, 6.45) is 5.65. The third kappa shape index (κ3) is 3.83. The number of amides is 3. The van der Waals surface area contributed by atoms with E-state index in [2.05, 4.69) is 26.0 Å². The molecule has 8 heteroatoms. The van der Waals surface area contributed by atoms with Crippen molar-refractivity contribution >= 4 is 11.9 Å². The van der Waals surface area contributed by atoms with Crippen molar-refractivity contribution in [1.82, 2.24) is 14.7 Å². The molecule has 2 saturated heterocycles. The molecule has 200 valence electrons. The second-order valence-electron chi connectivity index (χ2n) is 10.8. The van der Waals surface area contributed by atoms with E-state index in [1.54, 1.807) is 14.2 Å². The normalized spacial score (nSPS) is 27.2. The first-order valence-electron chi connectivity index (χ1n) is 13.4. The van der Waals surface area contributed by atoms with Crippen molar-refractivity contribution in [2.45, 2.75) is 59.1 Å². The fourth-order valence-corrected chi connectivity index (χ4v) is 6.95. The molecule has 0 aromatic carbocycles. The van der Waals surface area contributed by atoms with Gasteiger partial charge >= 0.3 is 6.03 Å². The van der Waals surface area contributed by atoms with E-state index in [0.717, 1.165) is 22.8 Å². The number of urea groups is 1. The predicted octanol–water partition coefficient (Wildman–Crippen LogP) is 4.65. The zero-order chi connectivity index (χ0) is 26.6. The topological polar surface area (TPSA) is 75.5 Å². The molecule has 1 spiro atoms. The van der Waals surface area contributed by atoms with Gasteiger partial charge in [-0.15, -0.1) is 0 Å². The molecular formula is C29H39N3O5. The molecular weight excluding hydrogens is 470 g/mol. The van der Waals surface area contributed by atoms with Crippen LogP contribution in [0, 0.1) is 25.7 Å². The summed E-state index contributed by atoms with van der Waals surface area (Å²) in [6.45, 7) is 12.4. The Kier molecular flexibility index (Phi) is 6.51. The van der Waals surface area contributed by atoms with E-state index in [-0.39, 0.29) is 29.9 Å². The first kappa shape index (κ1) is 25.6. The van der Waals surface area contributed by atoms with Crippen molar-refractivity contribution in [3.63, 3.8) is 0 Å². The van der Waals surface area contributed by atoms with E-state index < -0.39 is 5.54 Å². The Hall–Kier alpha value is -3.00. The summed E-state index contributed by atoms with van der Waals surface area (Å²) >= 11 is 0. The first-order valence-corrected chi connectivity index (χ1v) is 13.4. The number of carbonyl (C=O) groups is 2. The van der Waals surface area contributed by atoms with Gasteiger partial charge in [-0.1, -0.05) is 19.9 Å². The highest BCUT2D eigenvalue weighted by Gasteiger charge is 2.56. The number of furan rings is 1. The molecule has 37 heavy (non-hydrogen) atoms. The average Bonchev–Trinajstić information content (AvgIpc) is 3.25. The maximum atomic E-state index is 13.9. The lowest BCUT2D eigenvalue weighted by atomic mass is 9.79. The van der Waals surface area contributed by atoms with Crippen LogP contribution in [0.3, 0.4) is 0 Å². The monoisotopic (exact) mass is 509 g/mol. The lowest BCUT2D eigenvalue weighted by molar-refractivity contribution is 0.0574. The molecule has 0 saturated carbocycles. The zero-order valence-electron chi connectivity index (χ0n) is 23.1. The molecule has 3 aliphatic heterocycles. The van der Waals surface area contributed by atoms with E-state index in [0.29, 0.717) is 50.3 Å². The molecule has 3 atom stereocenters. The van der Waals surface area contributed by atoms with Crippen molar-refractivity contribution in [2.24, 2.45) is 11.8 Å². The zero-order valence-corrected chi connectivity index (χ0v) is 23.1. The Bertz CT molecular complexity index is 1200. The number of methoxy groups -OCH3 is 2. The Morgan fingerprint density at radius 2 is 1.86 bits per heavy atom. The number of carbonyl (C=O) groups excluding carboxylic acids is 2. The SMILES string of the molecule is CCN1C(=O)N2CC3=C(C(OC)=CC(OC)C3C)C(C)C=C2C12CCN(C(=O)c1cc(C)oc1C)CC2. The summed E-state index contributed by atoms with van der Waals surface area (Å²) in [6, 6.07) is 1.87. The minimum atomic E-state index is -0.423. The van der Waals surface area contributed by atoms with Gasteiger partial charge in [0, 0.05) is 56.4 Å². The predicted molar refractivity (Wildman–Crippen MR) is 140 cm³/mol. The van der Waals surface area contributed by atoms with Gasteiger partial charge in [-0.05, 0) is 51.3 Å². The molecule has 4 aliphatic rings. The minimum absolute atomic E-state index is 0.00285. The second kappa shape index (κ2) is 9.39. The van der Waals surface area contributed by atoms with Gasteiger partial charge in [-0.2, -0.15) is 0 Å². The van der Waals surface area contributed by atoms with Crippen LogP contribution in [0.4, 0.5) is 4.79 Å². The van der Waals surface area contributed by atoms with E-state index in [1.807, 2.05) is 41.5 Å². The van der Waals surface area contributed by atoms with Crippen LogP contribution in [0.1, 0.15) is 55.5 Å². The molecule has 1 aromatic rings. The number of hydrogen-bond acceptors (Lipinski definition) is 5. The lowest BCUT2D eigenvalue weighted by Gasteiger charge is -2.44. The number of likely N-dealkylation sites (tertiary alicyclic amines) is 1. The van der Waals surface area contributed by atoms with Crippen molar-refractivity contribution in [3.8, 4) is 0 Å². The van der Waals surface area contributed by atoms with Crippen LogP contribution in [0.2, 0.25) is 0 Å². The van der Waals surface area contributed by atoms with Gasteiger partial charge in [0.25, 0.3) is 5.91 Å². The summed E-state index contributed by atoms with van der Waals surface area (Å²) in [5, 5.41) is 0. The third-order valence-corrected chi connectivity index (χ3v) is 8.86. The molecule has 2 fully saturated rings. The number of likely N-dealkylation sites (N-methyl/N-ethyl adjacent to an activating group) is 1. The van der Waals surface area contributed by atoms with Crippen molar-refractivity contribution in [2.75, 3.05) is 40.4 Å². The van der Waals surface area contributed by atoms with Gasteiger partial charge in [0.2, 0.25) is 0 Å². The van der Waals surface area contributed by atoms with Crippen LogP contribution in [0.25, 0.3) is 0 Å². The molecule has 3 unspecified atom stereocenters. The summed E-state index contributed by atoms with van der Waals surface area (Å²) in [4.78, 5) is 33.1. The number of hydrogen-bond donors (Lipinski definition) is 0. The molecule has 5 rings (SSSR count). The molecule has 0 N–H and O–H groups in total. The smallest absolute Gasteiger partial charge is 0.325 e. The number of rotatable bonds is 4. The number of fused-ring (bicyclic) bond motifs is 2. The standard InChI is InChI=1S/C29H39N3O5/c1-8-32-28(34)31-16-22-19(4)23(35-6)15-24(36-7)26(22)17(2)13-25(31)29(32)9-11-30(12-10-29)27(33)21-14-18(3)37-20(21)5/h13-15,17,19,23H,8-12,16H2,1-7H3. The first-order chi connectivity index (χ1) is 17.7. The van der Waals surface area contributed by atoms with Crippen molar-refractivity contribution < 1.29 is 23.5 Å². The van der Waals surface area contributed by atoms with Crippen LogP contribution < -0.4 is 0 Å². The molecule has 1 aromatic heterocycles. The number of piperidine rings is 1. The Morgan fingerprint density at radius 3 is 2.43 bits per heavy atom. The molecule has 8 nitrogen and oxygen atoms in total. The number of ether oxygens (including phenoxy) is 2. The van der Waals surface area contributed by atoms with Gasteiger partial charge in [0.05, 0.1) is 24.3 Å². The van der Waals surface area contributed by atoms with Crippen LogP contribution >= 0.6 is 0 Å². The van der Waals surface area contributed by atoms with E-state index >= 15 is 0 Å². The van der Waals surface area contributed by atoms with Gasteiger partial charge in [0.1, 0.15) is 17.3 Å². The van der Waals surface area contributed by atoms with Gasteiger partial charge in [0.15, 0.2) is 0 Å². The van der Waals surface area contributed by atoms with Crippen molar-refractivity contribution in [3.05, 3.63) is 57.9 Å². The third-order valence-electron chi connectivity index (χ3n) is 8.86. The molecule has 0 bridgehead atoms. The fourth-order valence-electron chi connectivity index (χ4n) is 6.95. The van der Waals surface area contributed by atoms with Crippen LogP contribution in [-0.2, 0) is 9.47 Å². The lowest BCUT2D eigenvalue weighted by Crippen LogP contribution is -2.54. The molecule has 3 amide bonds. The maximum absolute atomic E-state index is 13.9. The highest BCUT2D eigenvalue weighted by atomic mass is 16.5. The Morgan fingerprint density at radius 1 is 1.16 bits per heavy atom. The number of allylic oxidation sites excluding steroid dienone is 2. The summed E-state index contributed by atoms with van der Waals surface area (Å²) in [7, 11) is 3.42. The summed E-state index contributed by atoms with van der Waals surface area (Å²) < 4.78 is 17.2. The van der Waals surface area contributed by atoms with E-state index in [9.17, 15) is 9.59 Å². The Labute approximate surface area is 219 Å². The van der Waals surface area contributed by atoms with Crippen LogP contribution in [0.5, 0.6) is 0 Å². The van der Waals surface area contributed by atoms with Crippen molar-refractivity contribution in [1.29, 1.82) is 0 Å². The van der Waals surface area contributed by atoms with E-state index in [4.69, 9.17) is 13.9 Å². The maximum Gasteiger partial charge on any atom is 0.325 e. The van der Waals surface area contributed by atoms with Crippen LogP contribution in [0.15, 0.2) is 45.2 Å². The minimum Gasteiger partial charge on any atom is -0.497 e. The number of aryl methyl sites for hydroxylation is 2.